The number of benzene rings is 1. The second kappa shape index (κ2) is 9.15. The van der Waals surface area contributed by atoms with Crippen molar-refractivity contribution in [3.05, 3.63) is 36.2 Å². The van der Waals surface area contributed by atoms with Crippen LogP contribution in [0, 0.1) is 17.3 Å². The molecule has 5 nitrogen and oxygen atoms in total. The Labute approximate surface area is 185 Å². The average Bonchev–Trinajstić information content (AvgIpc) is 3.23. The number of hydrogen-bond donors (Lipinski definition) is 1. The minimum Gasteiger partial charge on any atom is -0.490 e. The third-order valence-corrected chi connectivity index (χ3v) is 7.75. The molecule has 1 unspecified atom stereocenters. The quantitative estimate of drug-likeness (QED) is 0.634. The highest BCUT2D eigenvalue weighted by atomic mass is 16.5. The third kappa shape index (κ3) is 5.20. The predicted octanol–water partition coefficient (Wildman–Crippen LogP) is 5.52. The summed E-state index contributed by atoms with van der Waals surface area (Å²) in [6.07, 6.45) is 8.97. The Morgan fingerprint density at radius 1 is 1.16 bits per heavy atom. The predicted molar refractivity (Wildman–Crippen MR) is 123 cm³/mol. The van der Waals surface area contributed by atoms with Gasteiger partial charge in [0.25, 0.3) is 0 Å². The molecule has 1 saturated heterocycles. The van der Waals surface area contributed by atoms with Crippen molar-refractivity contribution in [2.75, 3.05) is 13.1 Å². The molecule has 2 fully saturated rings. The molecule has 0 amide bonds. The standard InChI is InChI=1S/C26H36N2O3/c1-4-26(2,3)21-6-9-23(10-7-21)31-24-8-5-18-13-22(27-15-20(18)14-24)17-28-12-11-19(16-28)25(29)30/h5,8,13-15,19,21,23H,4,6-7,9-12,16-17H2,1-3H3,(H,29,30)/t19?,21-,23-. The number of carboxylic acid groups (broad SMARTS) is 1. The molecule has 2 aromatic rings. The van der Waals surface area contributed by atoms with Gasteiger partial charge >= 0.3 is 5.97 Å². The molecule has 1 aliphatic heterocycles. The van der Waals surface area contributed by atoms with E-state index in [0.29, 0.717) is 24.6 Å². The highest BCUT2D eigenvalue weighted by Gasteiger charge is 2.32. The number of hydrogen-bond acceptors (Lipinski definition) is 4. The van der Waals surface area contributed by atoms with Crippen molar-refractivity contribution in [2.24, 2.45) is 17.3 Å². The number of pyridine rings is 1. The van der Waals surface area contributed by atoms with Gasteiger partial charge in [-0.1, -0.05) is 33.3 Å². The monoisotopic (exact) mass is 424 g/mol. The van der Waals surface area contributed by atoms with E-state index >= 15 is 0 Å². The Morgan fingerprint density at radius 2 is 1.94 bits per heavy atom. The van der Waals surface area contributed by atoms with Crippen LogP contribution in [-0.4, -0.2) is 40.2 Å². The number of carboxylic acids is 1. The molecule has 1 N–H and O–H groups in total. The fourth-order valence-corrected chi connectivity index (χ4v) is 5.18. The van der Waals surface area contributed by atoms with Gasteiger partial charge in [-0.25, -0.2) is 0 Å². The summed E-state index contributed by atoms with van der Waals surface area (Å²) < 4.78 is 6.34. The van der Waals surface area contributed by atoms with Gasteiger partial charge in [-0.15, -0.1) is 0 Å². The average molecular weight is 425 g/mol. The molecule has 31 heavy (non-hydrogen) atoms. The third-order valence-electron chi connectivity index (χ3n) is 7.75. The molecular weight excluding hydrogens is 388 g/mol. The second-order valence-corrected chi connectivity index (χ2v) is 10.2. The fourth-order valence-electron chi connectivity index (χ4n) is 5.18. The Kier molecular flexibility index (Phi) is 6.52. The minimum atomic E-state index is -0.691. The van der Waals surface area contributed by atoms with Gasteiger partial charge in [-0.05, 0) is 73.6 Å². The Hall–Kier alpha value is -2.14. The summed E-state index contributed by atoms with van der Waals surface area (Å²) in [4.78, 5) is 18.0. The van der Waals surface area contributed by atoms with Crippen LogP contribution in [0.2, 0.25) is 0 Å². The van der Waals surface area contributed by atoms with Crippen molar-refractivity contribution < 1.29 is 14.6 Å². The van der Waals surface area contributed by atoms with Crippen molar-refractivity contribution in [1.29, 1.82) is 0 Å². The lowest BCUT2D eigenvalue weighted by Crippen LogP contribution is -2.31. The van der Waals surface area contributed by atoms with Crippen LogP contribution < -0.4 is 4.74 Å². The lowest BCUT2D eigenvalue weighted by atomic mass is 9.69. The molecule has 1 aliphatic carbocycles. The molecule has 5 heteroatoms. The molecule has 4 rings (SSSR count). The van der Waals surface area contributed by atoms with Gasteiger partial charge in [-0.3, -0.25) is 14.7 Å². The van der Waals surface area contributed by atoms with E-state index in [1.54, 1.807) is 0 Å². The van der Waals surface area contributed by atoms with E-state index in [1.165, 1.54) is 19.3 Å². The number of nitrogens with zero attached hydrogens (tertiary/aromatic N) is 2. The molecule has 2 heterocycles. The first-order valence-electron chi connectivity index (χ1n) is 11.8. The van der Waals surface area contributed by atoms with Crippen LogP contribution in [0.3, 0.4) is 0 Å². The molecule has 0 radical (unpaired) electrons. The fraction of sp³-hybridized carbons (Fsp3) is 0.615. The Balaban J connectivity index is 1.35. The van der Waals surface area contributed by atoms with Gasteiger partial charge in [0.1, 0.15) is 5.75 Å². The van der Waals surface area contributed by atoms with Crippen LogP contribution in [0.15, 0.2) is 30.5 Å². The van der Waals surface area contributed by atoms with Crippen LogP contribution in [0.4, 0.5) is 0 Å². The van der Waals surface area contributed by atoms with E-state index < -0.39 is 5.97 Å². The summed E-state index contributed by atoms with van der Waals surface area (Å²) in [6, 6.07) is 8.41. The zero-order valence-corrected chi connectivity index (χ0v) is 19.1. The van der Waals surface area contributed by atoms with Crippen molar-refractivity contribution >= 4 is 16.7 Å². The van der Waals surface area contributed by atoms with Crippen LogP contribution in [0.5, 0.6) is 5.75 Å². The Morgan fingerprint density at radius 3 is 2.61 bits per heavy atom. The van der Waals surface area contributed by atoms with Gasteiger partial charge in [-0.2, -0.15) is 0 Å². The van der Waals surface area contributed by atoms with Crippen LogP contribution >= 0.6 is 0 Å². The zero-order chi connectivity index (χ0) is 22.0. The normalized spacial score (nSPS) is 25.1. The summed E-state index contributed by atoms with van der Waals surface area (Å²) in [6.45, 7) is 9.24. The van der Waals surface area contributed by atoms with Gasteiger partial charge in [0, 0.05) is 24.7 Å². The van der Waals surface area contributed by atoms with Gasteiger partial charge < -0.3 is 9.84 Å². The van der Waals surface area contributed by atoms with Gasteiger partial charge in [0.2, 0.25) is 0 Å². The maximum absolute atomic E-state index is 11.2. The van der Waals surface area contributed by atoms with Gasteiger partial charge in [0.15, 0.2) is 0 Å². The lowest BCUT2D eigenvalue weighted by molar-refractivity contribution is -0.141. The van der Waals surface area contributed by atoms with Crippen molar-refractivity contribution in [1.82, 2.24) is 9.88 Å². The molecule has 168 valence electrons. The number of ether oxygens (including phenoxy) is 1. The first-order valence-corrected chi connectivity index (χ1v) is 11.8. The molecular formula is C26H36N2O3. The lowest BCUT2D eigenvalue weighted by Gasteiger charge is -2.38. The minimum absolute atomic E-state index is 0.247. The van der Waals surface area contributed by atoms with Crippen molar-refractivity contribution in [2.45, 2.75) is 71.9 Å². The van der Waals surface area contributed by atoms with E-state index in [1.807, 2.05) is 6.20 Å². The highest BCUT2D eigenvalue weighted by Crippen LogP contribution is 2.41. The van der Waals surface area contributed by atoms with E-state index in [2.05, 4.69) is 54.9 Å². The Bertz CT molecular complexity index is 918. The molecule has 1 aromatic heterocycles. The van der Waals surface area contributed by atoms with Crippen LogP contribution in [0.1, 0.15) is 65.0 Å². The number of likely N-dealkylation sites (tertiary alicyclic amines) is 1. The van der Waals surface area contributed by atoms with E-state index in [9.17, 15) is 9.90 Å². The summed E-state index contributed by atoms with van der Waals surface area (Å²) in [5, 5.41) is 11.4. The maximum Gasteiger partial charge on any atom is 0.307 e. The maximum atomic E-state index is 11.2. The molecule has 1 atom stereocenters. The first-order chi connectivity index (χ1) is 14.8. The molecule has 1 aromatic carbocycles. The van der Waals surface area contributed by atoms with E-state index in [-0.39, 0.29) is 5.92 Å². The smallest absolute Gasteiger partial charge is 0.307 e. The van der Waals surface area contributed by atoms with Crippen LogP contribution in [0.25, 0.3) is 10.8 Å². The van der Waals surface area contributed by atoms with Crippen molar-refractivity contribution in [3.8, 4) is 5.75 Å². The largest absolute Gasteiger partial charge is 0.490 e. The second-order valence-electron chi connectivity index (χ2n) is 10.2. The number of aliphatic carboxylic acids is 1. The highest BCUT2D eigenvalue weighted by molar-refractivity contribution is 5.83. The van der Waals surface area contributed by atoms with Gasteiger partial charge in [0.05, 0.1) is 17.7 Å². The molecule has 2 aliphatic rings. The van der Waals surface area contributed by atoms with Crippen LogP contribution in [-0.2, 0) is 11.3 Å². The number of rotatable bonds is 7. The number of aromatic nitrogens is 1. The summed E-state index contributed by atoms with van der Waals surface area (Å²) in [5.41, 5.74) is 1.42. The number of carbonyl (C=O) groups is 1. The SMILES string of the molecule is CCC(C)(C)[C@H]1CC[C@H](Oc2ccc3cc(CN4CCC(C(=O)O)C4)ncc3c2)CC1. The summed E-state index contributed by atoms with van der Waals surface area (Å²) in [7, 11) is 0. The zero-order valence-electron chi connectivity index (χ0n) is 19.1. The molecule has 0 bridgehead atoms. The first kappa shape index (κ1) is 22.1. The molecule has 0 spiro atoms. The van der Waals surface area contributed by atoms with E-state index in [4.69, 9.17) is 4.74 Å². The summed E-state index contributed by atoms with van der Waals surface area (Å²) >= 11 is 0. The topological polar surface area (TPSA) is 62.7 Å². The van der Waals surface area contributed by atoms with Crippen molar-refractivity contribution in [3.63, 3.8) is 0 Å². The van der Waals surface area contributed by atoms with E-state index in [0.717, 1.165) is 53.9 Å². The number of fused-ring (bicyclic) bond motifs is 1. The summed E-state index contributed by atoms with van der Waals surface area (Å²) in [5.74, 6) is 0.800. The molecule has 1 saturated carbocycles.